The zero-order chi connectivity index (χ0) is 8.81. The van der Waals surface area contributed by atoms with Crippen molar-refractivity contribution in [3.8, 4) is 0 Å². The Labute approximate surface area is 91.1 Å². The van der Waals surface area contributed by atoms with E-state index in [9.17, 15) is 0 Å². The second-order valence-corrected chi connectivity index (χ2v) is 4.26. The molecule has 0 saturated carbocycles. The maximum Gasteiger partial charge on any atom is 0.0439 e. The smallest absolute Gasteiger partial charge is 0.0439 e. The van der Waals surface area contributed by atoms with Gasteiger partial charge >= 0.3 is 0 Å². The van der Waals surface area contributed by atoms with Crippen molar-refractivity contribution in [3.63, 3.8) is 0 Å². The normalized spacial score (nSPS) is 10.2. The van der Waals surface area contributed by atoms with Crippen LogP contribution in [0.3, 0.4) is 0 Å². The van der Waals surface area contributed by atoms with Crippen molar-refractivity contribution in [3.05, 3.63) is 24.3 Å². The fraction of sp³-hybridized carbons (Fsp3) is 0. The van der Waals surface area contributed by atoms with Crippen molar-refractivity contribution >= 4 is 49.9 Å². The lowest BCUT2D eigenvalue weighted by Crippen LogP contribution is -1.72. The van der Waals surface area contributed by atoms with E-state index in [1.54, 1.807) is 0 Å². The molecule has 0 amide bonds. The minimum absolute atomic E-state index is 0.994. The highest BCUT2D eigenvalue weighted by atomic mass is 32.2. The molecule has 6 heteroatoms. The van der Waals surface area contributed by atoms with Gasteiger partial charge in [0.25, 0.3) is 0 Å². The van der Waals surface area contributed by atoms with Gasteiger partial charge < -0.3 is 0 Å². The van der Waals surface area contributed by atoms with Crippen LogP contribution in [-0.4, -0.2) is 0 Å². The Hall–Kier alpha value is 0.540. The van der Waals surface area contributed by atoms with Crippen LogP contribution in [0, 0.1) is 0 Å². The Bertz CT molecular complexity index is 200. The third-order valence-electron chi connectivity index (χ3n) is 1.09. The highest BCUT2D eigenvalue weighted by Crippen LogP contribution is 2.25. The minimum Gasteiger partial charge on any atom is -0.245 e. The molecular formula is C6H6O2S4. The van der Waals surface area contributed by atoms with Crippen LogP contribution in [0.15, 0.2) is 34.1 Å². The molecule has 0 saturated heterocycles. The lowest BCUT2D eigenvalue weighted by Gasteiger charge is -1.98. The van der Waals surface area contributed by atoms with E-state index >= 15 is 0 Å². The second-order valence-electron chi connectivity index (χ2n) is 1.79. The van der Waals surface area contributed by atoms with Gasteiger partial charge in [-0.25, -0.2) is 7.26 Å². The molecule has 12 heavy (non-hydrogen) atoms. The summed E-state index contributed by atoms with van der Waals surface area (Å²) < 4.78 is 9.17. The predicted molar refractivity (Wildman–Crippen MR) is 58.3 cm³/mol. The van der Waals surface area contributed by atoms with E-state index in [1.165, 1.54) is 24.1 Å². The highest BCUT2D eigenvalue weighted by molar-refractivity contribution is 8.02. The summed E-state index contributed by atoms with van der Waals surface area (Å²) in [4.78, 5) is 1.99. The quantitative estimate of drug-likeness (QED) is 0.618. The van der Waals surface area contributed by atoms with Crippen molar-refractivity contribution in [1.82, 2.24) is 0 Å². The molecule has 1 rings (SSSR count). The van der Waals surface area contributed by atoms with Crippen LogP contribution < -0.4 is 0 Å². The Morgan fingerprint density at radius 3 is 1.42 bits per heavy atom. The molecule has 0 radical (unpaired) electrons. The Kier molecular flexibility index (Phi) is 5.37. The first kappa shape index (κ1) is 10.6. The third-order valence-corrected chi connectivity index (χ3v) is 2.62. The summed E-state index contributed by atoms with van der Waals surface area (Å²) in [6, 6.07) is 7.65. The number of rotatable bonds is 4. The van der Waals surface area contributed by atoms with E-state index < -0.39 is 0 Å². The van der Waals surface area contributed by atoms with Gasteiger partial charge in [0, 0.05) is 33.9 Å². The molecule has 0 spiro atoms. The van der Waals surface area contributed by atoms with Crippen LogP contribution in [0.1, 0.15) is 0 Å². The van der Waals surface area contributed by atoms with Crippen molar-refractivity contribution in [1.29, 1.82) is 0 Å². The van der Waals surface area contributed by atoms with Crippen LogP contribution in [0.5, 0.6) is 0 Å². The molecule has 0 atom stereocenters. The molecule has 2 nitrogen and oxygen atoms in total. The molecule has 0 fully saturated rings. The average molecular weight is 238 g/mol. The summed E-state index contributed by atoms with van der Waals surface area (Å²) in [5, 5.41) is 0. The number of hydrogen-bond acceptors (Lipinski definition) is 6. The van der Waals surface area contributed by atoms with Crippen molar-refractivity contribution < 1.29 is 7.26 Å². The minimum atomic E-state index is 0.994. The van der Waals surface area contributed by atoms with Crippen molar-refractivity contribution in [2.24, 2.45) is 0 Å². The van der Waals surface area contributed by atoms with Gasteiger partial charge in [0.2, 0.25) is 0 Å². The van der Waals surface area contributed by atoms with Crippen molar-refractivity contribution in [2.45, 2.75) is 9.79 Å². The average Bonchev–Trinajstić information content (AvgIpc) is 2.09. The van der Waals surface area contributed by atoms with Gasteiger partial charge in [0.05, 0.1) is 0 Å². The lowest BCUT2D eigenvalue weighted by molar-refractivity contribution is 0.770. The van der Waals surface area contributed by atoms with Crippen LogP contribution in [0.2, 0.25) is 0 Å². The van der Waals surface area contributed by atoms with E-state index in [-0.39, 0.29) is 0 Å². The molecule has 0 aliphatic heterocycles. The molecule has 66 valence electrons. The van der Waals surface area contributed by atoms with Gasteiger partial charge in [-0.3, -0.25) is 0 Å². The van der Waals surface area contributed by atoms with Gasteiger partial charge in [0.1, 0.15) is 0 Å². The monoisotopic (exact) mass is 238 g/mol. The van der Waals surface area contributed by atoms with Gasteiger partial charge in [-0.15, -0.1) is 0 Å². The SMILES string of the molecule is SOSc1ccc(SOS)cc1. The molecule has 1 aromatic carbocycles. The van der Waals surface area contributed by atoms with Crippen LogP contribution >= 0.6 is 49.9 Å². The summed E-state index contributed by atoms with van der Waals surface area (Å²) >= 11 is 9.63. The fourth-order valence-corrected chi connectivity index (χ4v) is 1.82. The largest absolute Gasteiger partial charge is 0.245 e. The van der Waals surface area contributed by atoms with E-state index in [1.807, 2.05) is 24.3 Å². The fourth-order valence-electron chi connectivity index (χ4n) is 0.637. The van der Waals surface area contributed by atoms with Crippen molar-refractivity contribution in [2.75, 3.05) is 0 Å². The molecule has 0 heterocycles. The standard InChI is InChI=1S/C6H6O2S4/c9-7-11-5-1-2-6(4-3-5)12-8-10/h1-4,9-10H. The predicted octanol–water partition coefficient (Wildman–Crippen LogP) is 3.42. The van der Waals surface area contributed by atoms with Crippen LogP contribution in [-0.2, 0) is 7.26 Å². The maximum absolute atomic E-state index is 4.59. The van der Waals surface area contributed by atoms with E-state index in [0.29, 0.717) is 0 Å². The number of hydrogen-bond donors (Lipinski definition) is 2. The Morgan fingerprint density at radius 2 is 1.17 bits per heavy atom. The Balaban J connectivity index is 2.58. The molecule has 0 bridgehead atoms. The first-order valence-corrected chi connectivity index (χ1v) is 5.14. The number of thiol groups is 2. The summed E-state index contributed by atoms with van der Waals surface area (Å²) in [5.41, 5.74) is 0. The molecule has 0 unspecified atom stereocenters. The van der Waals surface area contributed by atoms with Crippen LogP contribution in [0.4, 0.5) is 0 Å². The Morgan fingerprint density at radius 1 is 0.833 bits per heavy atom. The zero-order valence-corrected chi connectivity index (χ0v) is 9.26. The molecule has 0 aliphatic carbocycles. The van der Waals surface area contributed by atoms with E-state index in [0.717, 1.165) is 9.79 Å². The molecule has 0 aromatic heterocycles. The maximum atomic E-state index is 4.59. The second kappa shape index (κ2) is 6.06. The van der Waals surface area contributed by atoms with Gasteiger partial charge in [-0.1, -0.05) is 0 Å². The summed E-state index contributed by atoms with van der Waals surface area (Å²) in [7, 11) is 0. The first-order chi connectivity index (χ1) is 5.86. The molecular weight excluding hydrogens is 232 g/mol. The third kappa shape index (κ3) is 3.51. The first-order valence-electron chi connectivity index (χ1n) is 2.93. The lowest BCUT2D eigenvalue weighted by atomic mass is 10.4. The van der Waals surface area contributed by atoms with E-state index in [4.69, 9.17) is 0 Å². The van der Waals surface area contributed by atoms with Gasteiger partial charge in [-0.2, -0.15) is 0 Å². The zero-order valence-electron chi connectivity index (χ0n) is 5.84. The summed E-state index contributed by atoms with van der Waals surface area (Å²) in [6.45, 7) is 0. The number of benzene rings is 1. The van der Waals surface area contributed by atoms with Gasteiger partial charge in [0.15, 0.2) is 0 Å². The topological polar surface area (TPSA) is 18.5 Å². The summed E-state index contributed by atoms with van der Waals surface area (Å²) in [5.74, 6) is 0. The molecule has 0 N–H and O–H groups in total. The van der Waals surface area contributed by atoms with Gasteiger partial charge in [-0.05, 0) is 50.1 Å². The van der Waals surface area contributed by atoms with E-state index in [2.05, 4.69) is 33.1 Å². The molecule has 1 aromatic rings. The van der Waals surface area contributed by atoms with Crippen LogP contribution in [0.25, 0.3) is 0 Å². The molecule has 0 aliphatic rings. The highest BCUT2D eigenvalue weighted by Gasteiger charge is 1.95. The summed E-state index contributed by atoms with van der Waals surface area (Å²) in [6.07, 6.45) is 0.